The van der Waals surface area contributed by atoms with Gasteiger partial charge in [0, 0.05) is 0 Å². The molecule has 0 radical (unpaired) electrons. The largest absolute Gasteiger partial charge is 0.489 e. The van der Waals surface area contributed by atoms with Gasteiger partial charge in [-0.1, -0.05) is 50.1 Å². The van der Waals surface area contributed by atoms with Crippen molar-refractivity contribution in [1.82, 2.24) is 0 Å². The lowest BCUT2D eigenvalue weighted by Crippen LogP contribution is -1.94. The summed E-state index contributed by atoms with van der Waals surface area (Å²) in [6, 6.07) is 25.3. The Hall–Kier alpha value is -3.34. The van der Waals surface area contributed by atoms with E-state index < -0.39 is 0 Å². The van der Waals surface area contributed by atoms with Gasteiger partial charge in [-0.2, -0.15) is 20.5 Å². The van der Waals surface area contributed by atoms with Crippen molar-refractivity contribution in [3.8, 4) is 5.75 Å². The third-order valence-electron chi connectivity index (χ3n) is 4.26. The van der Waals surface area contributed by atoms with Gasteiger partial charge in [0.2, 0.25) is 0 Å². The normalized spacial score (nSPS) is 11.3. The molecule has 0 atom stereocenters. The first-order valence-corrected chi connectivity index (χ1v) is 9.99. The molecule has 0 aliphatic heterocycles. The molecule has 0 N–H and O–H groups in total. The van der Waals surface area contributed by atoms with Crippen molar-refractivity contribution >= 4 is 17.1 Å². The van der Waals surface area contributed by atoms with Crippen molar-refractivity contribution in [3.63, 3.8) is 0 Å². The number of ether oxygens (including phenoxy) is 1. The number of unbranched alkanes of at least 4 members (excludes halogenated alkanes) is 2. The number of azo groups is 2. The molecule has 29 heavy (non-hydrogen) atoms. The van der Waals surface area contributed by atoms with Crippen LogP contribution in [0.3, 0.4) is 0 Å². The molecule has 5 nitrogen and oxygen atoms in total. The summed E-state index contributed by atoms with van der Waals surface area (Å²) in [5.74, 6) is 0.807. The van der Waals surface area contributed by atoms with Crippen LogP contribution < -0.4 is 4.74 Å². The zero-order valence-electron chi connectivity index (χ0n) is 16.7. The highest BCUT2D eigenvalue weighted by Gasteiger charge is 1.97. The number of hydrogen-bond donors (Lipinski definition) is 0. The van der Waals surface area contributed by atoms with E-state index in [2.05, 4.69) is 27.4 Å². The second-order valence-corrected chi connectivity index (χ2v) is 6.66. The fourth-order valence-corrected chi connectivity index (χ4v) is 2.62. The minimum absolute atomic E-state index is 0.546. The summed E-state index contributed by atoms with van der Waals surface area (Å²) in [4.78, 5) is 0. The third kappa shape index (κ3) is 7.30. The lowest BCUT2D eigenvalue weighted by atomic mass is 10.2. The molecule has 0 spiro atoms. The molecule has 0 saturated heterocycles. The van der Waals surface area contributed by atoms with Crippen LogP contribution in [0.15, 0.2) is 99.3 Å². The highest BCUT2D eigenvalue weighted by atomic mass is 16.5. The van der Waals surface area contributed by atoms with E-state index >= 15 is 0 Å². The summed E-state index contributed by atoms with van der Waals surface area (Å²) in [6.07, 6.45) is 3.47. The fourth-order valence-electron chi connectivity index (χ4n) is 2.62. The van der Waals surface area contributed by atoms with Crippen LogP contribution in [0.2, 0.25) is 0 Å². The van der Waals surface area contributed by atoms with E-state index in [9.17, 15) is 0 Å². The smallest absolute Gasteiger partial charge is 0.119 e. The lowest BCUT2D eigenvalue weighted by molar-refractivity contribution is 0.306. The van der Waals surface area contributed by atoms with Crippen LogP contribution in [0, 0.1) is 0 Å². The molecule has 3 aromatic rings. The van der Waals surface area contributed by atoms with Crippen molar-refractivity contribution < 1.29 is 4.74 Å². The third-order valence-corrected chi connectivity index (χ3v) is 4.26. The lowest BCUT2D eigenvalue weighted by Gasteiger charge is -2.06. The Kier molecular flexibility index (Phi) is 8.08. The quantitative estimate of drug-likeness (QED) is 0.257. The van der Waals surface area contributed by atoms with Crippen LogP contribution in [0.25, 0.3) is 0 Å². The van der Waals surface area contributed by atoms with E-state index in [1.165, 1.54) is 12.8 Å². The Balaban J connectivity index is 1.49. The molecule has 5 heteroatoms. The van der Waals surface area contributed by atoms with Crippen LogP contribution >= 0.6 is 0 Å². The van der Waals surface area contributed by atoms with Crippen LogP contribution in [-0.4, -0.2) is 6.54 Å². The molecular weight excluding hydrogens is 360 g/mol. The van der Waals surface area contributed by atoms with Gasteiger partial charge in [0.15, 0.2) is 0 Å². The summed E-state index contributed by atoms with van der Waals surface area (Å²) >= 11 is 0. The maximum Gasteiger partial charge on any atom is 0.119 e. The van der Waals surface area contributed by atoms with Gasteiger partial charge in [-0.15, -0.1) is 0 Å². The Bertz CT molecular complexity index is 904. The zero-order valence-corrected chi connectivity index (χ0v) is 16.7. The van der Waals surface area contributed by atoms with Crippen LogP contribution in [-0.2, 0) is 6.61 Å². The second kappa shape index (κ2) is 11.5. The van der Waals surface area contributed by atoms with Crippen molar-refractivity contribution in [1.29, 1.82) is 0 Å². The molecule has 0 fully saturated rings. The molecule has 148 valence electrons. The average molecular weight is 386 g/mol. The summed E-state index contributed by atoms with van der Waals surface area (Å²) in [5.41, 5.74) is 3.52. The van der Waals surface area contributed by atoms with Crippen LogP contribution in [0.1, 0.15) is 31.7 Å². The Morgan fingerprint density at radius 2 is 1.24 bits per heavy atom. The second-order valence-electron chi connectivity index (χ2n) is 6.66. The monoisotopic (exact) mass is 386 g/mol. The van der Waals surface area contributed by atoms with Gasteiger partial charge >= 0.3 is 0 Å². The molecule has 0 aromatic heterocycles. The molecule has 0 aliphatic carbocycles. The maximum atomic E-state index is 5.79. The first kappa shape index (κ1) is 20.4. The number of hydrogen-bond acceptors (Lipinski definition) is 5. The van der Waals surface area contributed by atoms with Gasteiger partial charge < -0.3 is 4.74 Å². The minimum atomic E-state index is 0.546. The van der Waals surface area contributed by atoms with E-state index in [0.717, 1.165) is 41.3 Å². The van der Waals surface area contributed by atoms with Crippen LogP contribution in [0.4, 0.5) is 17.1 Å². The van der Waals surface area contributed by atoms with Crippen molar-refractivity contribution in [2.45, 2.75) is 32.8 Å². The molecule has 0 unspecified atom stereocenters. The molecular formula is C24H26N4O. The van der Waals surface area contributed by atoms with E-state index in [4.69, 9.17) is 4.74 Å². The Labute approximate surface area is 172 Å². The standard InChI is InChI=1S/C24H26N4O/c1-2-3-7-18-25-26-21-10-12-22(13-11-21)27-28-23-14-16-24(17-15-23)29-19-20-8-5-4-6-9-20/h4-6,8-17H,2-3,7,18-19H2,1H3/b26-25+,28-27+. The first-order valence-electron chi connectivity index (χ1n) is 9.99. The van der Waals surface area contributed by atoms with Gasteiger partial charge in [-0.3, -0.25) is 0 Å². The van der Waals surface area contributed by atoms with Crippen molar-refractivity contribution in [2.24, 2.45) is 20.5 Å². The summed E-state index contributed by atoms with van der Waals surface area (Å²) in [5, 5.41) is 17.0. The van der Waals surface area contributed by atoms with Gasteiger partial charge in [0.1, 0.15) is 12.4 Å². The Morgan fingerprint density at radius 3 is 1.86 bits per heavy atom. The SMILES string of the molecule is CCCCC/N=N/c1ccc(/N=N/c2ccc(OCc3ccccc3)cc2)cc1. The molecule has 0 aliphatic rings. The summed E-state index contributed by atoms with van der Waals surface area (Å²) in [7, 11) is 0. The number of rotatable bonds is 10. The van der Waals surface area contributed by atoms with Gasteiger partial charge in [0.05, 0.1) is 23.6 Å². The molecule has 3 aromatic carbocycles. The van der Waals surface area contributed by atoms with Gasteiger partial charge in [0.25, 0.3) is 0 Å². The Morgan fingerprint density at radius 1 is 0.655 bits per heavy atom. The molecule has 3 rings (SSSR count). The predicted octanol–water partition coefficient (Wildman–Crippen LogP) is 7.95. The average Bonchev–Trinajstić information content (AvgIpc) is 2.78. The van der Waals surface area contributed by atoms with Crippen LogP contribution in [0.5, 0.6) is 5.75 Å². The van der Waals surface area contributed by atoms with E-state index in [1.54, 1.807) is 0 Å². The molecule has 0 bridgehead atoms. The highest BCUT2D eigenvalue weighted by Crippen LogP contribution is 2.23. The fraction of sp³-hybridized carbons (Fsp3) is 0.250. The van der Waals surface area contributed by atoms with Crippen molar-refractivity contribution in [2.75, 3.05) is 6.54 Å². The minimum Gasteiger partial charge on any atom is -0.489 e. The number of benzene rings is 3. The number of nitrogens with zero attached hydrogens (tertiary/aromatic N) is 4. The zero-order chi connectivity index (χ0) is 20.2. The van der Waals surface area contributed by atoms with E-state index in [1.807, 2.05) is 78.9 Å². The van der Waals surface area contributed by atoms with Gasteiger partial charge in [-0.25, -0.2) is 0 Å². The highest BCUT2D eigenvalue weighted by molar-refractivity contribution is 5.47. The summed E-state index contributed by atoms with van der Waals surface area (Å²) < 4.78 is 5.79. The first-order chi connectivity index (χ1) is 14.3. The van der Waals surface area contributed by atoms with E-state index in [0.29, 0.717) is 6.61 Å². The maximum absolute atomic E-state index is 5.79. The molecule has 0 heterocycles. The van der Waals surface area contributed by atoms with Crippen molar-refractivity contribution in [3.05, 3.63) is 84.4 Å². The predicted molar refractivity (Wildman–Crippen MR) is 117 cm³/mol. The van der Waals surface area contributed by atoms with E-state index in [-0.39, 0.29) is 0 Å². The summed E-state index contributed by atoms with van der Waals surface area (Å²) in [6.45, 7) is 3.50. The molecule has 0 amide bonds. The topological polar surface area (TPSA) is 58.7 Å². The molecule has 0 saturated carbocycles. The van der Waals surface area contributed by atoms with Gasteiger partial charge in [-0.05, 0) is 60.5 Å².